The first-order chi connectivity index (χ1) is 11.6. The Morgan fingerprint density at radius 1 is 1.00 bits per heavy atom. The predicted molar refractivity (Wildman–Crippen MR) is 97.8 cm³/mol. The van der Waals surface area contributed by atoms with Crippen molar-refractivity contribution in [3.8, 4) is 0 Å². The fourth-order valence-electron chi connectivity index (χ4n) is 2.29. The van der Waals surface area contributed by atoms with E-state index in [0.717, 1.165) is 18.7 Å². The van der Waals surface area contributed by atoms with Crippen molar-refractivity contribution in [2.45, 2.75) is 13.3 Å². The van der Waals surface area contributed by atoms with Crippen LogP contribution in [0.5, 0.6) is 0 Å². The second kappa shape index (κ2) is 8.72. The third-order valence-corrected chi connectivity index (χ3v) is 3.70. The van der Waals surface area contributed by atoms with Gasteiger partial charge in [0.25, 0.3) is 0 Å². The van der Waals surface area contributed by atoms with E-state index in [0.29, 0.717) is 17.8 Å². The number of carbonyl (C=O) groups is 2. The smallest absolute Gasteiger partial charge is 0.319 e. The highest BCUT2D eigenvalue weighted by Gasteiger charge is 2.04. The Kier molecular flexibility index (Phi) is 6.37. The summed E-state index contributed by atoms with van der Waals surface area (Å²) in [5.74, 6) is 0.00791. The van der Waals surface area contributed by atoms with Gasteiger partial charge in [0.1, 0.15) is 0 Å². The number of hydrogen-bond acceptors (Lipinski definition) is 3. The Morgan fingerprint density at radius 2 is 1.67 bits per heavy atom. The number of amides is 2. The fourth-order valence-corrected chi connectivity index (χ4v) is 2.29. The molecule has 0 fully saturated rings. The lowest BCUT2D eigenvalue weighted by atomic mass is 10.1. The van der Waals surface area contributed by atoms with Gasteiger partial charge in [0.2, 0.25) is 0 Å². The molecular formula is C19H23N3O2. The van der Waals surface area contributed by atoms with E-state index in [4.69, 9.17) is 0 Å². The Morgan fingerprint density at radius 3 is 2.29 bits per heavy atom. The molecule has 0 aliphatic carbocycles. The molecule has 126 valence electrons. The Hall–Kier alpha value is -2.82. The fraction of sp³-hybridized carbons (Fsp3) is 0.263. The van der Waals surface area contributed by atoms with Crippen LogP contribution in [0.15, 0.2) is 54.6 Å². The third-order valence-electron chi connectivity index (χ3n) is 3.70. The monoisotopic (exact) mass is 325 g/mol. The minimum absolute atomic E-state index is 0.00791. The average molecular weight is 325 g/mol. The summed E-state index contributed by atoms with van der Waals surface area (Å²) in [4.78, 5) is 25.2. The van der Waals surface area contributed by atoms with Gasteiger partial charge in [0.15, 0.2) is 5.78 Å². The summed E-state index contributed by atoms with van der Waals surface area (Å²) in [6.07, 6.45) is 0.849. The van der Waals surface area contributed by atoms with Crippen LogP contribution in [-0.4, -0.2) is 32.0 Å². The van der Waals surface area contributed by atoms with Crippen molar-refractivity contribution in [1.29, 1.82) is 0 Å². The number of para-hydroxylation sites is 1. The van der Waals surface area contributed by atoms with Crippen LogP contribution < -0.4 is 15.5 Å². The lowest BCUT2D eigenvalue weighted by Gasteiger charge is -2.19. The van der Waals surface area contributed by atoms with Crippen molar-refractivity contribution in [3.63, 3.8) is 0 Å². The molecule has 2 N–H and O–H groups in total. The molecule has 0 saturated heterocycles. The van der Waals surface area contributed by atoms with E-state index < -0.39 is 0 Å². The van der Waals surface area contributed by atoms with Gasteiger partial charge in [-0.25, -0.2) is 4.79 Å². The minimum atomic E-state index is -0.243. The van der Waals surface area contributed by atoms with Gasteiger partial charge < -0.3 is 15.5 Å². The highest BCUT2D eigenvalue weighted by molar-refractivity contribution is 5.95. The van der Waals surface area contributed by atoms with Crippen molar-refractivity contribution in [2.75, 3.05) is 30.4 Å². The number of urea groups is 1. The van der Waals surface area contributed by atoms with Crippen molar-refractivity contribution in [2.24, 2.45) is 0 Å². The summed E-state index contributed by atoms with van der Waals surface area (Å²) in [5.41, 5.74) is 2.45. The van der Waals surface area contributed by atoms with Crippen LogP contribution in [0.25, 0.3) is 0 Å². The number of nitrogens with zero attached hydrogens (tertiary/aromatic N) is 1. The minimum Gasteiger partial charge on any atom is -0.375 e. The lowest BCUT2D eigenvalue weighted by Crippen LogP contribution is -2.31. The van der Waals surface area contributed by atoms with Crippen LogP contribution in [0, 0.1) is 0 Å². The summed E-state index contributed by atoms with van der Waals surface area (Å²) in [6, 6.07) is 16.7. The first-order valence-corrected chi connectivity index (χ1v) is 7.98. The van der Waals surface area contributed by atoms with Crippen molar-refractivity contribution in [3.05, 3.63) is 60.2 Å². The molecule has 0 heterocycles. The number of carbonyl (C=O) groups excluding carboxylic acids is 2. The molecule has 0 saturated carbocycles. The molecule has 0 radical (unpaired) electrons. The third kappa shape index (κ3) is 5.43. The summed E-state index contributed by atoms with van der Waals surface area (Å²) in [6.45, 7) is 2.97. The van der Waals surface area contributed by atoms with Gasteiger partial charge in [-0.3, -0.25) is 4.79 Å². The van der Waals surface area contributed by atoms with Crippen LogP contribution in [0.2, 0.25) is 0 Å². The van der Waals surface area contributed by atoms with Gasteiger partial charge in [-0.2, -0.15) is 0 Å². The van der Waals surface area contributed by atoms with Gasteiger partial charge in [0, 0.05) is 37.1 Å². The van der Waals surface area contributed by atoms with E-state index in [9.17, 15) is 9.59 Å². The van der Waals surface area contributed by atoms with Crippen LogP contribution in [-0.2, 0) is 0 Å². The normalized spacial score (nSPS) is 10.1. The summed E-state index contributed by atoms with van der Waals surface area (Å²) in [7, 11) is 2.03. The first-order valence-electron chi connectivity index (χ1n) is 7.98. The van der Waals surface area contributed by atoms with Gasteiger partial charge in [-0.05, 0) is 49.7 Å². The standard InChI is InChI=1S/C19H23N3O2/c1-15(23)16-9-11-17(12-10-16)21-19(24)20-13-6-14-22(2)18-7-4-3-5-8-18/h3-5,7-12H,6,13-14H2,1-2H3,(H2,20,21,24). The van der Waals surface area contributed by atoms with E-state index >= 15 is 0 Å². The molecule has 5 heteroatoms. The zero-order valence-corrected chi connectivity index (χ0v) is 14.1. The maximum absolute atomic E-state index is 11.8. The summed E-state index contributed by atoms with van der Waals surface area (Å²) in [5, 5.41) is 5.58. The van der Waals surface area contributed by atoms with Crippen LogP contribution in [0.3, 0.4) is 0 Å². The second-order valence-electron chi connectivity index (χ2n) is 5.63. The highest BCUT2D eigenvalue weighted by atomic mass is 16.2. The van der Waals surface area contributed by atoms with Gasteiger partial charge in [0.05, 0.1) is 0 Å². The van der Waals surface area contributed by atoms with Crippen LogP contribution in [0.1, 0.15) is 23.7 Å². The molecule has 5 nitrogen and oxygen atoms in total. The number of Topliss-reactive ketones (excluding diaryl/α,β-unsaturated/α-hetero) is 1. The van der Waals surface area contributed by atoms with Gasteiger partial charge >= 0.3 is 6.03 Å². The summed E-state index contributed by atoms with van der Waals surface area (Å²) >= 11 is 0. The Balaban J connectivity index is 1.69. The Labute approximate surface area is 142 Å². The van der Waals surface area contributed by atoms with E-state index in [2.05, 4.69) is 27.7 Å². The summed E-state index contributed by atoms with van der Waals surface area (Å²) < 4.78 is 0. The molecule has 2 aromatic carbocycles. The molecule has 2 aromatic rings. The maximum Gasteiger partial charge on any atom is 0.319 e. The molecular weight excluding hydrogens is 302 g/mol. The van der Waals surface area contributed by atoms with Crippen molar-refractivity contribution in [1.82, 2.24) is 5.32 Å². The highest BCUT2D eigenvalue weighted by Crippen LogP contribution is 2.11. The quantitative estimate of drug-likeness (QED) is 0.604. The first kappa shape index (κ1) is 17.5. The van der Waals surface area contributed by atoms with E-state index in [1.807, 2.05) is 25.2 Å². The van der Waals surface area contributed by atoms with E-state index in [1.165, 1.54) is 6.92 Å². The molecule has 0 bridgehead atoms. The van der Waals surface area contributed by atoms with E-state index in [1.54, 1.807) is 24.3 Å². The van der Waals surface area contributed by atoms with Gasteiger partial charge in [-0.15, -0.1) is 0 Å². The number of ketones is 1. The zero-order chi connectivity index (χ0) is 17.4. The van der Waals surface area contributed by atoms with Gasteiger partial charge in [-0.1, -0.05) is 18.2 Å². The number of benzene rings is 2. The van der Waals surface area contributed by atoms with Crippen LogP contribution >= 0.6 is 0 Å². The molecule has 2 rings (SSSR count). The molecule has 24 heavy (non-hydrogen) atoms. The Bertz CT molecular complexity index is 669. The largest absolute Gasteiger partial charge is 0.375 e. The zero-order valence-electron chi connectivity index (χ0n) is 14.1. The number of anilines is 2. The van der Waals surface area contributed by atoms with Crippen molar-refractivity contribution >= 4 is 23.2 Å². The topological polar surface area (TPSA) is 61.4 Å². The SMILES string of the molecule is CC(=O)c1ccc(NC(=O)NCCCN(C)c2ccccc2)cc1. The molecule has 0 aromatic heterocycles. The number of hydrogen-bond donors (Lipinski definition) is 2. The second-order valence-corrected chi connectivity index (χ2v) is 5.63. The lowest BCUT2D eigenvalue weighted by molar-refractivity contribution is 0.101. The number of nitrogens with one attached hydrogen (secondary N) is 2. The predicted octanol–water partition coefficient (Wildman–Crippen LogP) is 3.54. The molecule has 0 atom stereocenters. The average Bonchev–Trinajstić information content (AvgIpc) is 2.59. The molecule has 0 aliphatic rings. The molecule has 2 amide bonds. The molecule has 0 aliphatic heterocycles. The molecule has 0 unspecified atom stereocenters. The molecule has 0 spiro atoms. The van der Waals surface area contributed by atoms with Crippen LogP contribution in [0.4, 0.5) is 16.2 Å². The van der Waals surface area contributed by atoms with Crippen molar-refractivity contribution < 1.29 is 9.59 Å². The van der Waals surface area contributed by atoms with E-state index in [-0.39, 0.29) is 11.8 Å². The maximum atomic E-state index is 11.8. The number of rotatable bonds is 7.